The highest BCUT2D eigenvalue weighted by atomic mass is 16.5. The van der Waals surface area contributed by atoms with Crippen molar-refractivity contribution in [3.05, 3.63) is 11.6 Å². The number of nitrogens with one attached hydrogen (secondary N) is 1. The number of hydrogen-bond acceptors (Lipinski definition) is 2. The maximum atomic E-state index is 12.2. The Kier molecular flexibility index (Phi) is 3.81. The number of ether oxygens (including phenoxy) is 1. The van der Waals surface area contributed by atoms with Gasteiger partial charge in [0.25, 0.3) is 0 Å². The predicted molar refractivity (Wildman–Crippen MR) is 72.2 cm³/mol. The van der Waals surface area contributed by atoms with Gasteiger partial charge in [-0.3, -0.25) is 4.79 Å². The van der Waals surface area contributed by atoms with E-state index in [0.29, 0.717) is 12.5 Å². The summed E-state index contributed by atoms with van der Waals surface area (Å²) in [7, 11) is 0. The summed E-state index contributed by atoms with van der Waals surface area (Å²) >= 11 is 0. The third-order valence-electron chi connectivity index (χ3n) is 4.23. The van der Waals surface area contributed by atoms with Crippen molar-refractivity contribution >= 4 is 5.91 Å². The summed E-state index contributed by atoms with van der Waals surface area (Å²) in [6.45, 7) is 10.1. The van der Waals surface area contributed by atoms with Crippen LogP contribution in [0.3, 0.4) is 0 Å². The molecule has 18 heavy (non-hydrogen) atoms. The van der Waals surface area contributed by atoms with Gasteiger partial charge in [0.05, 0.1) is 12.0 Å². The fraction of sp³-hybridized carbons (Fsp3) is 0.800. The van der Waals surface area contributed by atoms with E-state index in [2.05, 4.69) is 39.1 Å². The SMILES string of the molecule is CC(C)=C[C@@H]1[C@H](C(=O)NC[C@@H]2CCCO2)C1(C)C. The molecule has 0 bridgehead atoms. The normalized spacial score (nSPS) is 33.0. The third-order valence-corrected chi connectivity index (χ3v) is 4.23. The molecule has 2 rings (SSSR count). The monoisotopic (exact) mass is 251 g/mol. The first-order valence-electron chi connectivity index (χ1n) is 6.97. The Labute approximate surface area is 110 Å². The first kappa shape index (κ1) is 13.6. The van der Waals surface area contributed by atoms with Gasteiger partial charge in [0, 0.05) is 13.2 Å². The minimum atomic E-state index is 0.109. The van der Waals surface area contributed by atoms with Crippen LogP contribution >= 0.6 is 0 Å². The van der Waals surface area contributed by atoms with Crippen molar-refractivity contribution in [3.8, 4) is 0 Å². The molecule has 0 unspecified atom stereocenters. The van der Waals surface area contributed by atoms with Crippen LogP contribution in [0.2, 0.25) is 0 Å². The van der Waals surface area contributed by atoms with Gasteiger partial charge in [-0.2, -0.15) is 0 Å². The molecule has 0 aromatic carbocycles. The molecule has 0 spiro atoms. The molecule has 3 heteroatoms. The van der Waals surface area contributed by atoms with Crippen molar-refractivity contribution in [3.63, 3.8) is 0 Å². The van der Waals surface area contributed by atoms with Crippen LogP contribution in [0.4, 0.5) is 0 Å². The van der Waals surface area contributed by atoms with E-state index in [0.717, 1.165) is 19.4 Å². The summed E-state index contributed by atoms with van der Waals surface area (Å²) in [5.41, 5.74) is 1.40. The van der Waals surface area contributed by atoms with Crippen LogP contribution in [0.5, 0.6) is 0 Å². The average molecular weight is 251 g/mol. The van der Waals surface area contributed by atoms with Crippen molar-refractivity contribution < 1.29 is 9.53 Å². The molecule has 2 aliphatic rings. The van der Waals surface area contributed by atoms with E-state index in [4.69, 9.17) is 4.74 Å². The van der Waals surface area contributed by atoms with E-state index in [1.54, 1.807) is 0 Å². The second-order valence-electron chi connectivity index (χ2n) is 6.45. The largest absolute Gasteiger partial charge is 0.376 e. The number of hydrogen-bond donors (Lipinski definition) is 1. The number of carbonyl (C=O) groups is 1. The summed E-state index contributed by atoms with van der Waals surface area (Å²) in [6, 6.07) is 0. The molecule has 102 valence electrons. The molecule has 1 amide bonds. The van der Waals surface area contributed by atoms with Crippen LogP contribution in [0.25, 0.3) is 0 Å². The first-order valence-corrected chi connectivity index (χ1v) is 6.97. The van der Waals surface area contributed by atoms with Crippen molar-refractivity contribution in [2.24, 2.45) is 17.3 Å². The van der Waals surface area contributed by atoms with E-state index in [-0.39, 0.29) is 23.3 Å². The van der Waals surface area contributed by atoms with Crippen LogP contribution in [0, 0.1) is 17.3 Å². The highest BCUT2D eigenvalue weighted by Crippen LogP contribution is 2.59. The third kappa shape index (κ3) is 2.77. The molecule has 2 fully saturated rings. The molecule has 0 aromatic rings. The van der Waals surface area contributed by atoms with E-state index in [1.807, 2.05) is 0 Å². The van der Waals surface area contributed by atoms with Crippen molar-refractivity contribution in [1.29, 1.82) is 0 Å². The molecule has 3 nitrogen and oxygen atoms in total. The zero-order valence-electron chi connectivity index (χ0n) is 12.0. The lowest BCUT2D eigenvalue weighted by atomic mass is 10.1. The number of rotatable bonds is 4. The van der Waals surface area contributed by atoms with Gasteiger partial charge in [-0.1, -0.05) is 25.5 Å². The van der Waals surface area contributed by atoms with Crippen LogP contribution < -0.4 is 5.32 Å². The van der Waals surface area contributed by atoms with E-state index < -0.39 is 0 Å². The highest BCUT2D eigenvalue weighted by molar-refractivity contribution is 5.83. The van der Waals surface area contributed by atoms with Gasteiger partial charge in [-0.15, -0.1) is 0 Å². The summed E-state index contributed by atoms with van der Waals surface area (Å²) in [5.74, 6) is 0.721. The Bertz CT molecular complexity index is 350. The van der Waals surface area contributed by atoms with Crippen LogP contribution in [0.15, 0.2) is 11.6 Å². The molecule has 1 aliphatic carbocycles. The lowest BCUT2D eigenvalue weighted by Gasteiger charge is -2.11. The molecule has 3 atom stereocenters. The molecular weight excluding hydrogens is 226 g/mol. The molecule has 0 radical (unpaired) electrons. The molecule has 0 aromatic heterocycles. The first-order chi connectivity index (χ1) is 8.43. The minimum absolute atomic E-state index is 0.109. The lowest BCUT2D eigenvalue weighted by Crippen LogP contribution is -2.33. The quantitative estimate of drug-likeness (QED) is 0.780. The number of carbonyl (C=O) groups excluding carboxylic acids is 1. The summed E-state index contributed by atoms with van der Waals surface area (Å²) < 4.78 is 5.52. The van der Waals surface area contributed by atoms with Gasteiger partial charge in [-0.25, -0.2) is 0 Å². The minimum Gasteiger partial charge on any atom is -0.376 e. The van der Waals surface area contributed by atoms with Crippen molar-refractivity contribution in [1.82, 2.24) is 5.32 Å². The van der Waals surface area contributed by atoms with Crippen molar-refractivity contribution in [2.45, 2.75) is 46.6 Å². The van der Waals surface area contributed by atoms with Gasteiger partial charge < -0.3 is 10.1 Å². The van der Waals surface area contributed by atoms with E-state index in [9.17, 15) is 4.79 Å². The van der Waals surface area contributed by atoms with Crippen LogP contribution in [0.1, 0.15) is 40.5 Å². The Morgan fingerprint density at radius 1 is 1.44 bits per heavy atom. The lowest BCUT2D eigenvalue weighted by molar-refractivity contribution is -0.123. The maximum Gasteiger partial charge on any atom is 0.224 e. The molecule has 1 saturated heterocycles. The highest BCUT2D eigenvalue weighted by Gasteiger charge is 2.60. The van der Waals surface area contributed by atoms with Crippen molar-refractivity contribution in [2.75, 3.05) is 13.2 Å². The fourth-order valence-electron chi connectivity index (χ4n) is 2.98. The predicted octanol–water partition coefficient (Wildman–Crippen LogP) is 2.52. The van der Waals surface area contributed by atoms with Gasteiger partial charge in [0.1, 0.15) is 0 Å². The topological polar surface area (TPSA) is 38.3 Å². The van der Waals surface area contributed by atoms with E-state index >= 15 is 0 Å². The van der Waals surface area contributed by atoms with Gasteiger partial charge in [0.2, 0.25) is 5.91 Å². The summed E-state index contributed by atoms with van der Waals surface area (Å²) in [6.07, 6.45) is 4.66. The molecule has 1 saturated carbocycles. The fourth-order valence-corrected chi connectivity index (χ4v) is 2.98. The van der Waals surface area contributed by atoms with Crippen LogP contribution in [-0.2, 0) is 9.53 Å². The Morgan fingerprint density at radius 2 is 2.17 bits per heavy atom. The van der Waals surface area contributed by atoms with Crippen LogP contribution in [-0.4, -0.2) is 25.2 Å². The smallest absolute Gasteiger partial charge is 0.224 e. The molecule has 1 N–H and O–H groups in total. The standard InChI is InChI=1S/C15H25NO2/c1-10(2)8-12-13(15(12,3)4)14(17)16-9-11-6-5-7-18-11/h8,11-13H,5-7,9H2,1-4H3,(H,16,17)/t11-,12+,13+/m0/s1. The Balaban J connectivity index is 1.84. The van der Waals surface area contributed by atoms with Gasteiger partial charge in [-0.05, 0) is 38.0 Å². The van der Waals surface area contributed by atoms with E-state index in [1.165, 1.54) is 5.57 Å². The molecular formula is C15H25NO2. The number of amides is 1. The summed E-state index contributed by atoms with van der Waals surface area (Å²) in [5, 5.41) is 3.05. The zero-order valence-corrected chi connectivity index (χ0v) is 12.0. The van der Waals surface area contributed by atoms with Gasteiger partial charge in [0.15, 0.2) is 0 Å². The summed E-state index contributed by atoms with van der Waals surface area (Å²) in [4.78, 5) is 12.2. The second kappa shape index (κ2) is 5.04. The maximum absolute atomic E-state index is 12.2. The zero-order chi connectivity index (χ0) is 13.3. The Hall–Kier alpha value is -0.830. The van der Waals surface area contributed by atoms with Gasteiger partial charge >= 0.3 is 0 Å². The number of allylic oxidation sites excluding steroid dienone is 2. The molecule has 1 heterocycles. The second-order valence-corrected chi connectivity index (χ2v) is 6.45. The average Bonchev–Trinajstić information content (AvgIpc) is 2.70. The Morgan fingerprint density at radius 3 is 2.72 bits per heavy atom. The molecule has 1 aliphatic heterocycles.